The van der Waals surface area contributed by atoms with Crippen molar-refractivity contribution >= 4 is 16.8 Å². The molecular weight excluding hydrogens is 396 g/mol. The van der Waals surface area contributed by atoms with Gasteiger partial charge in [-0.15, -0.1) is 0 Å². The topological polar surface area (TPSA) is 51.0 Å². The molecule has 1 aliphatic heterocycles. The van der Waals surface area contributed by atoms with Crippen molar-refractivity contribution in [2.45, 2.75) is 32.2 Å². The predicted molar refractivity (Wildman–Crippen MR) is 126 cm³/mol. The quantitative estimate of drug-likeness (QED) is 0.455. The molecule has 1 aliphatic rings. The second kappa shape index (κ2) is 9.35. The maximum Gasteiger partial charge on any atom is 0.253 e. The van der Waals surface area contributed by atoms with E-state index in [1.165, 1.54) is 10.9 Å². The van der Waals surface area contributed by atoms with Crippen LogP contribution in [0.15, 0.2) is 79.5 Å². The molecule has 1 atom stereocenters. The van der Waals surface area contributed by atoms with Crippen LogP contribution in [-0.2, 0) is 13.0 Å². The average Bonchev–Trinajstić information content (AvgIpc) is 3.23. The number of fused-ring (bicyclic) bond motifs is 1. The molecule has 4 aromatic rings. The lowest BCUT2D eigenvalue weighted by atomic mass is 9.91. The van der Waals surface area contributed by atoms with Crippen molar-refractivity contribution in [1.29, 1.82) is 0 Å². The van der Waals surface area contributed by atoms with E-state index in [9.17, 15) is 4.79 Å². The molecule has 5 rings (SSSR count). The third-order valence-electron chi connectivity index (χ3n) is 6.46. The van der Waals surface area contributed by atoms with Crippen molar-refractivity contribution in [2.75, 3.05) is 13.1 Å². The van der Waals surface area contributed by atoms with Gasteiger partial charge in [-0.25, -0.2) is 4.98 Å². The molecule has 1 amide bonds. The Kier molecular flexibility index (Phi) is 5.97. The molecule has 5 nitrogen and oxygen atoms in total. The Bertz CT molecular complexity index is 1200. The van der Waals surface area contributed by atoms with Gasteiger partial charge in [-0.05, 0) is 60.9 Å². The summed E-state index contributed by atoms with van der Waals surface area (Å²) >= 11 is 0. The van der Waals surface area contributed by atoms with Crippen molar-refractivity contribution in [2.24, 2.45) is 5.92 Å². The zero-order valence-corrected chi connectivity index (χ0v) is 18.2. The second-order valence-electron chi connectivity index (χ2n) is 8.72. The zero-order valence-electron chi connectivity index (χ0n) is 18.2. The number of hydrogen-bond acceptors (Lipinski definition) is 3. The molecule has 0 radical (unpaired) electrons. The lowest BCUT2D eigenvalue weighted by Gasteiger charge is -2.21. The van der Waals surface area contributed by atoms with Crippen LogP contribution in [0.3, 0.4) is 0 Å². The fraction of sp³-hybridized carbons (Fsp3) is 0.296. The third-order valence-corrected chi connectivity index (χ3v) is 6.46. The minimum atomic E-state index is 0.143. The van der Waals surface area contributed by atoms with Gasteiger partial charge in [-0.3, -0.25) is 9.78 Å². The highest BCUT2D eigenvalue weighted by molar-refractivity contribution is 5.94. The number of aromatic nitrogens is 3. The second-order valence-corrected chi connectivity index (χ2v) is 8.72. The van der Waals surface area contributed by atoms with Crippen LogP contribution in [0.4, 0.5) is 0 Å². The number of hydrogen-bond donors (Lipinski definition) is 0. The Balaban J connectivity index is 1.25. The summed E-state index contributed by atoms with van der Waals surface area (Å²) in [6, 6.07) is 18.6. The maximum atomic E-state index is 13.2. The number of rotatable bonds is 5. The summed E-state index contributed by atoms with van der Waals surface area (Å²) < 4.78 is 2.02. The Labute approximate surface area is 188 Å². The normalized spacial score (nSPS) is 16.8. The van der Waals surface area contributed by atoms with Gasteiger partial charge < -0.3 is 9.47 Å². The number of pyridine rings is 1. The first-order chi connectivity index (χ1) is 15.8. The van der Waals surface area contributed by atoms with E-state index < -0.39 is 0 Å². The Hall–Kier alpha value is -3.47. The van der Waals surface area contributed by atoms with Gasteiger partial charge in [0.05, 0.1) is 11.8 Å². The molecule has 32 heavy (non-hydrogen) atoms. The van der Waals surface area contributed by atoms with Gasteiger partial charge in [0.15, 0.2) is 0 Å². The summed E-state index contributed by atoms with van der Waals surface area (Å²) in [6.07, 6.45) is 11.6. The van der Waals surface area contributed by atoms with E-state index in [0.29, 0.717) is 5.92 Å². The van der Waals surface area contributed by atoms with Crippen LogP contribution in [0.2, 0.25) is 0 Å². The first-order valence-electron chi connectivity index (χ1n) is 11.4. The van der Waals surface area contributed by atoms with Crippen LogP contribution in [0.25, 0.3) is 10.9 Å². The summed E-state index contributed by atoms with van der Waals surface area (Å²) in [5, 5.41) is 1.20. The van der Waals surface area contributed by atoms with Crippen molar-refractivity contribution < 1.29 is 4.79 Å². The number of carbonyl (C=O) groups is 1. The molecule has 3 heterocycles. The number of likely N-dealkylation sites (tertiary alicyclic amines) is 1. The number of amides is 1. The van der Waals surface area contributed by atoms with Crippen molar-refractivity contribution in [1.82, 2.24) is 19.4 Å². The summed E-state index contributed by atoms with van der Waals surface area (Å²) in [4.78, 5) is 24.0. The Morgan fingerprint density at radius 2 is 1.91 bits per heavy atom. The molecule has 2 aromatic heterocycles. The number of para-hydroxylation sites is 1. The molecule has 0 bridgehead atoms. The molecule has 0 spiro atoms. The largest absolute Gasteiger partial charge is 0.339 e. The SMILES string of the molecule is O=C(c1cccc(Cn2ccnc2)c1)N1CCC[C@@H](Cc2cccc3cccnc23)CC1. The minimum Gasteiger partial charge on any atom is -0.339 e. The van der Waals surface area contributed by atoms with Crippen molar-refractivity contribution in [3.05, 3.63) is 96.2 Å². The molecule has 0 aliphatic carbocycles. The fourth-order valence-electron chi connectivity index (χ4n) is 4.79. The maximum absolute atomic E-state index is 13.2. The van der Waals surface area contributed by atoms with Crippen molar-refractivity contribution in [3.63, 3.8) is 0 Å². The minimum absolute atomic E-state index is 0.143. The molecule has 1 fully saturated rings. The highest BCUT2D eigenvalue weighted by Crippen LogP contribution is 2.26. The molecule has 2 aromatic carbocycles. The lowest BCUT2D eigenvalue weighted by Crippen LogP contribution is -2.32. The fourth-order valence-corrected chi connectivity index (χ4v) is 4.79. The summed E-state index contributed by atoms with van der Waals surface area (Å²) in [5.41, 5.74) is 4.33. The van der Waals surface area contributed by atoms with Crippen LogP contribution in [-0.4, -0.2) is 38.4 Å². The predicted octanol–water partition coefficient (Wildman–Crippen LogP) is 4.96. The number of carbonyl (C=O) groups excluding carboxylic acids is 1. The van der Waals surface area contributed by atoms with Crippen LogP contribution in [0.5, 0.6) is 0 Å². The van der Waals surface area contributed by atoms with Crippen LogP contribution in [0, 0.1) is 5.92 Å². The van der Waals surface area contributed by atoms with E-state index in [4.69, 9.17) is 0 Å². The van der Waals surface area contributed by atoms with Gasteiger partial charge in [-0.1, -0.05) is 36.4 Å². The molecule has 5 heteroatoms. The van der Waals surface area contributed by atoms with Crippen LogP contribution < -0.4 is 0 Å². The Morgan fingerprint density at radius 3 is 2.81 bits per heavy atom. The lowest BCUT2D eigenvalue weighted by molar-refractivity contribution is 0.0760. The van der Waals surface area contributed by atoms with Gasteiger partial charge >= 0.3 is 0 Å². The summed E-state index contributed by atoms with van der Waals surface area (Å²) in [5.74, 6) is 0.720. The van der Waals surface area contributed by atoms with E-state index in [0.717, 1.165) is 62.0 Å². The smallest absolute Gasteiger partial charge is 0.253 e. The molecule has 0 saturated carbocycles. The van der Waals surface area contributed by atoms with E-state index in [1.54, 1.807) is 12.5 Å². The monoisotopic (exact) mass is 424 g/mol. The van der Waals surface area contributed by atoms with Gasteiger partial charge in [0.1, 0.15) is 0 Å². The van der Waals surface area contributed by atoms with E-state index >= 15 is 0 Å². The number of nitrogens with zero attached hydrogens (tertiary/aromatic N) is 4. The molecule has 0 N–H and O–H groups in total. The molecule has 1 saturated heterocycles. The third kappa shape index (κ3) is 4.57. The number of benzene rings is 2. The zero-order chi connectivity index (χ0) is 21.8. The van der Waals surface area contributed by atoms with E-state index in [2.05, 4.69) is 40.3 Å². The highest BCUT2D eigenvalue weighted by atomic mass is 16.2. The van der Waals surface area contributed by atoms with Crippen molar-refractivity contribution in [3.8, 4) is 0 Å². The van der Waals surface area contributed by atoms with Crippen LogP contribution in [0.1, 0.15) is 40.7 Å². The Morgan fingerprint density at radius 1 is 1.00 bits per heavy atom. The van der Waals surface area contributed by atoms with Gasteiger partial charge in [0, 0.05) is 49.2 Å². The van der Waals surface area contributed by atoms with E-state index in [-0.39, 0.29) is 5.91 Å². The first-order valence-corrected chi connectivity index (χ1v) is 11.4. The number of imidazole rings is 1. The molecule has 0 unspecified atom stereocenters. The first kappa shape index (κ1) is 20.4. The van der Waals surface area contributed by atoms with Crippen LogP contribution >= 0.6 is 0 Å². The van der Waals surface area contributed by atoms with E-state index in [1.807, 2.05) is 46.1 Å². The van der Waals surface area contributed by atoms with Gasteiger partial charge in [-0.2, -0.15) is 0 Å². The highest BCUT2D eigenvalue weighted by Gasteiger charge is 2.22. The molecular formula is C27H28N4O. The molecule has 162 valence electrons. The van der Waals surface area contributed by atoms with Gasteiger partial charge in [0.25, 0.3) is 5.91 Å². The summed E-state index contributed by atoms with van der Waals surface area (Å²) in [7, 11) is 0. The van der Waals surface area contributed by atoms with Gasteiger partial charge in [0.2, 0.25) is 0 Å². The standard InChI is InChI=1S/C27H28N4O/c32-27(25-9-1-5-22(18-25)19-30-16-13-28-20-30)31-14-4-6-21(11-15-31)17-24-8-2-7-23-10-3-12-29-26(23)24/h1-3,5,7-10,12-13,16,18,20-21H,4,6,11,14-15,17,19H2/t21-/m1/s1. The summed E-state index contributed by atoms with van der Waals surface area (Å²) in [6.45, 7) is 2.37. The average molecular weight is 425 g/mol.